The molecule has 1 aliphatic carbocycles. The van der Waals surface area contributed by atoms with Crippen LogP contribution in [0, 0.1) is 0 Å². The summed E-state index contributed by atoms with van der Waals surface area (Å²) in [4.78, 5) is 0. The predicted molar refractivity (Wildman–Crippen MR) is 80.8 cm³/mol. The second-order valence-corrected chi connectivity index (χ2v) is 5.51. The molecule has 106 valence electrons. The molecule has 2 N–H and O–H groups in total. The number of benzene rings is 1. The molecule has 3 rings (SSSR count). The van der Waals surface area contributed by atoms with Gasteiger partial charge in [0.05, 0.1) is 13.3 Å². The fraction of sp³-hybridized carbons (Fsp3) is 0.438. The molecule has 0 unspecified atom stereocenters. The van der Waals surface area contributed by atoms with Crippen LogP contribution in [0.5, 0.6) is 5.75 Å². The summed E-state index contributed by atoms with van der Waals surface area (Å²) in [5.74, 6) is 2.20. The molecule has 1 saturated carbocycles. The van der Waals surface area contributed by atoms with E-state index in [0.717, 1.165) is 16.9 Å². The zero-order valence-corrected chi connectivity index (χ0v) is 12.1. The molecule has 0 saturated heterocycles. The molecule has 20 heavy (non-hydrogen) atoms. The Morgan fingerprint density at radius 2 is 2.00 bits per heavy atom. The van der Waals surface area contributed by atoms with Crippen molar-refractivity contribution in [1.29, 1.82) is 0 Å². The average Bonchev–Trinajstić information content (AvgIpc) is 3.10. The van der Waals surface area contributed by atoms with E-state index < -0.39 is 0 Å². The highest BCUT2D eigenvalue weighted by Gasteiger charge is 2.20. The fourth-order valence-electron chi connectivity index (χ4n) is 3.10. The Labute approximate surface area is 119 Å². The SMILES string of the molecule is COc1ccc(C2CCCC2)cc1-c1cnn(C)c1N. The summed E-state index contributed by atoms with van der Waals surface area (Å²) in [5.41, 5.74) is 9.49. The number of methoxy groups -OCH3 is 1. The molecule has 1 aliphatic rings. The number of aromatic nitrogens is 2. The molecule has 0 aliphatic heterocycles. The van der Waals surface area contributed by atoms with Gasteiger partial charge in [-0.2, -0.15) is 5.10 Å². The van der Waals surface area contributed by atoms with Crippen LogP contribution in [0.15, 0.2) is 24.4 Å². The van der Waals surface area contributed by atoms with Crippen LogP contribution in [0.4, 0.5) is 5.82 Å². The van der Waals surface area contributed by atoms with Crippen molar-refractivity contribution >= 4 is 5.82 Å². The maximum atomic E-state index is 6.11. The van der Waals surface area contributed by atoms with Crippen molar-refractivity contribution in [2.45, 2.75) is 31.6 Å². The number of anilines is 1. The van der Waals surface area contributed by atoms with E-state index in [0.29, 0.717) is 11.7 Å². The topological polar surface area (TPSA) is 53.1 Å². The quantitative estimate of drug-likeness (QED) is 0.931. The molecule has 1 aromatic carbocycles. The lowest BCUT2D eigenvalue weighted by molar-refractivity contribution is 0.416. The normalized spacial score (nSPS) is 15.7. The van der Waals surface area contributed by atoms with Crippen molar-refractivity contribution in [2.75, 3.05) is 12.8 Å². The maximum Gasteiger partial charge on any atom is 0.129 e. The summed E-state index contributed by atoms with van der Waals surface area (Å²) in [5, 5.41) is 4.23. The lowest BCUT2D eigenvalue weighted by atomic mass is 9.94. The highest BCUT2D eigenvalue weighted by atomic mass is 16.5. The number of nitrogen functional groups attached to an aromatic ring is 1. The summed E-state index contributed by atoms with van der Waals surface area (Å²) >= 11 is 0. The van der Waals surface area contributed by atoms with Gasteiger partial charge < -0.3 is 10.5 Å². The third-order valence-corrected chi connectivity index (χ3v) is 4.32. The van der Waals surface area contributed by atoms with E-state index in [1.807, 2.05) is 13.2 Å². The van der Waals surface area contributed by atoms with Gasteiger partial charge in [-0.05, 0) is 36.5 Å². The van der Waals surface area contributed by atoms with E-state index in [2.05, 4.69) is 23.3 Å². The summed E-state index contributed by atoms with van der Waals surface area (Å²) in [6.07, 6.45) is 7.05. The van der Waals surface area contributed by atoms with E-state index in [1.165, 1.54) is 31.2 Å². The van der Waals surface area contributed by atoms with Crippen molar-refractivity contribution in [3.63, 3.8) is 0 Å². The minimum atomic E-state index is 0.673. The Hall–Kier alpha value is -1.97. The zero-order chi connectivity index (χ0) is 14.1. The fourth-order valence-corrected chi connectivity index (χ4v) is 3.10. The highest BCUT2D eigenvalue weighted by molar-refractivity contribution is 5.78. The first-order valence-electron chi connectivity index (χ1n) is 7.16. The number of hydrogen-bond donors (Lipinski definition) is 1. The molecule has 1 aromatic heterocycles. The van der Waals surface area contributed by atoms with Crippen LogP contribution in [-0.4, -0.2) is 16.9 Å². The molecular formula is C16H21N3O. The molecule has 1 fully saturated rings. The molecule has 4 heteroatoms. The Morgan fingerprint density at radius 3 is 2.60 bits per heavy atom. The summed E-state index contributed by atoms with van der Waals surface area (Å²) in [7, 11) is 3.55. The maximum absolute atomic E-state index is 6.11. The molecule has 0 atom stereocenters. The molecule has 4 nitrogen and oxygen atoms in total. The van der Waals surface area contributed by atoms with Gasteiger partial charge in [-0.25, -0.2) is 0 Å². The Morgan fingerprint density at radius 1 is 1.25 bits per heavy atom. The first-order chi connectivity index (χ1) is 9.70. The Bertz CT molecular complexity index is 612. The van der Waals surface area contributed by atoms with Gasteiger partial charge in [0, 0.05) is 18.2 Å². The summed E-state index contributed by atoms with van der Waals surface area (Å²) < 4.78 is 7.18. The van der Waals surface area contributed by atoms with Crippen LogP contribution < -0.4 is 10.5 Å². The number of ether oxygens (including phenoxy) is 1. The van der Waals surface area contributed by atoms with E-state index in [1.54, 1.807) is 11.8 Å². The van der Waals surface area contributed by atoms with Crippen LogP contribution in [0.25, 0.3) is 11.1 Å². The van der Waals surface area contributed by atoms with E-state index in [9.17, 15) is 0 Å². The van der Waals surface area contributed by atoms with Crippen molar-refractivity contribution in [1.82, 2.24) is 9.78 Å². The first-order valence-corrected chi connectivity index (χ1v) is 7.16. The summed E-state index contributed by atoms with van der Waals surface area (Å²) in [6.45, 7) is 0. The standard InChI is InChI=1S/C16H21N3O/c1-19-16(17)14(10-18-19)13-9-12(7-8-15(13)20-2)11-5-3-4-6-11/h7-11H,3-6,17H2,1-2H3. The molecule has 1 heterocycles. The van der Waals surface area contributed by atoms with Crippen LogP contribution in [-0.2, 0) is 7.05 Å². The monoisotopic (exact) mass is 271 g/mol. The van der Waals surface area contributed by atoms with Gasteiger partial charge in [-0.15, -0.1) is 0 Å². The number of hydrogen-bond acceptors (Lipinski definition) is 3. The molecule has 2 aromatic rings. The van der Waals surface area contributed by atoms with Crippen LogP contribution in [0.3, 0.4) is 0 Å². The zero-order valence-electron chi connectivity index (χ0n) is 12.1. The lowest BCUT2D eigenvalue weighted by Crippen LogP contribution is -1.99. The molecular weight excluding hydrogens is 250 g/mol. The molecule has 0 radical (unpaired) electrons. The minimum Gasteiger partial charge on any atom is -0.496 e. The molecule has 0 amide bonds. The van der Waals surface area contributed by atoms with Crippen molar-refractivity contribution in [2.24, 2.45) is 7.05 Å². The summed E-state index contributed by atoms with van der Waals surface area (Å²) in [6, 6.07) is 6.46. The van der Waals surface area contributed by atoms with Gasteiger partial charge >= 0.3 is 0 Å². The Kier molecular flexibility index (Phi) is 3.38. The Balaban J connectivity index is 2.07. The second kappa shape index (κ2) is 5.19. The second-order valence-electron chi connectivity index (χ2n) is 5.51. The third kappa shape index (κ3) is 2.15. The van der Waals surface area contributed by atoms with Gasteiger partial charge in [-0.1, -0.05) is 18.9 Å². The van der Waals surface area contributed by atoms with Gasteiger partial charge in [0.2, 0.25) is 0 Å². The van der Waals surface area contributed by atoms with Crippen LogP contribution in [0.1, 0.15) is 37.2 Å². The highest BCUT2D eigenvalue weighted by Crippen LogP contribution is 2.40. The first kappa shape index (κ1) is 13.0. The van der Waals surface area contributed by atoms with E-state index >= 15 is 0 Å². The van der Waals surface area contributed by atoms with Gasteiger partial charge in [-0.3, -0.25) is 4.68 Å². The smallest absolute Gasteiger partial charge is 0.129 e. The van der Waals surface area contributed by atoms with Crippen LogP contribution in [0.2, 0.25) is 0 Å². The third-order valence-electron chi connectivity index (χ3n) is 4.32. The largest absolute Gasteiger partial charge is 0.496 e. The molecule has 0 spiro atoms. The number of nitrogens with two attached hydrogens (primary N) is 1. The number of nitrogens with zero attached hydrogens (tertiary/aromatic N) is 2. The molecule has 0 bridgehead atoms. The van der Waals surface area contributed by atoms with Crippen LogP contribution >= 0.6 is 0 Å². The van der Waals surface area contributed by atoms with Crippen molar-refractivity contribution < 1.29 is 4.74 Å². The van der Waals surface area contributed by atoms with Gasteiger partial charge in [0.15, 0.2) is 0 Å². The number of aryl methyl sites for hydroxylation is 1. The van der Waals surface area contributed by atoms with Crippen molar-refractivity contribution in [3.8, 4) is 16.9 Å². The van der Waals surface area contributed by atoms with Gasteiger partial charge in [0.1, 0.15) is 11.6 Å². The van der Waals surface area contributed by atoms with E-state index in [4.69, 9.17) is 10.5 Å². The van der Waals surface area contributed by atoms with E-state index in [-0.39, 0.29) is 0 Å². The van der Waals surface area contributed by atoms with Crippen molar-refractivity contribution in [3.05, 3.63) is 30.0 Å². The predicted octanol–water partition coefficient (Wildman–Crippen LogP) is 3.34. The minimum absolute atomic E-state index is 0.673. The van der Waals surface area contributed by atoms with Gasteiger partial charge in [0.25, 0.3) is 0 Å². The number of rotatable bonds is 3. The lowest BCUT2D eigenvalue weighted by Gasteiger charge is -2.14. The average molecular weight is 271 g/mol.